The summed E-state index contributed by atoms with van der Waals surface area (Å²) >= 11 is 0. The topological polar surface area (TPSA) is 84.9 Å². The third kappa shape index (κ3) is 6.03. The summed E-state index contributed by atoms with van der Waals surface area (Å²) < 4.78 is 51.2. The molecule has 1 N–H and O–H groups in total. The van der Waals surface area contributed by atoms with Crippen LogP contribution in [0.25, 0.3) is 0 Å². The van der Waals surface area contributed by atoms with Gasteiger partial charge in [-0.1, -0.05) is 6.07 Å². The first-order valence-electron chi connectivity index (χ1n) is 11.0. The highest BCUT2D eigenvalue weighted by molar-refractivity contribution is 7.89. The highest BCUT2D eigenvalue weighted by Gasteiger charge is 2.32. The second kappa shape index (κ2) is 10.5. The fourth-order valence-corrected chi connectivity index (χ4v) is 5.30. The molecular weight excluding hydrogens is 447 g/mol. The minimum absolute atomic E-state index is 0.0135. The maximum atomic E-state index is 13.1. The monoisotopic (exact) mass is 478 g/mol. The molecular formula is C24H31FN2O5S. The highest BCUT2D eigenvalue weighted by Crippen LogP contribution is 2.31. The summed E-state index contributed by atoms with van der Waals surface area (Å²) in [7, 11) is -2.13. The average Bonchev–Trinajstić information content (AvgIpc) is 2.79. The quantitative estimate of drug-likeness (QED) is 0.622. The SMILES string of the molecule is COc1cc(C(C)NC(=O)C2CCN(S(=O)(=O)c3ccc(F)cc3)CC2)ccc1OC(C)C. The number of nitrogens with one attached hydrogen (secondary N) is 1. The van der Waals surface area contributed by atoms with Crippen molar-refractivity contribution in [1.29, 1.82) is 0 Å². The smallest absolute Gasteiger partial charge is 0.243 e. The molecule has 1 atom stereocenters. The van der Waals surface area contributed by atoms with E-state index in [4.69, 9.17) is 9.47 Å². The summed E-state index contributed by atoms with van der Waals surface area (Å²) in [5.41, 5.74) is 0.882. The van der Waals surface area contributed by atoms with Crippen molar-refractivity contribution in [2.45, 2.75) is 50.7 Å². The summed E-state index contributed by atoms with van der Waals surface area (Å²) in [6.07, 6.45) is 0.854. The van der Waals surface area contributed by atoms with Crippen molar-refractivity contribution in [1.82, 2.24) is 9.62 Å². The molecule has 0 bridgehead atoms. The van der Waals surface area contributed by atoms with Crippen molar-refractivity contribution in [3.8, 4) is 11.5 Å². The van der Waals surface area contributed by atoms with Crippen LogP contribution in [0.15, 0.2) is 47.4 Å². The van der Waals surface area contributed by atoms with Crippen molar-refractivity contribution in [2.24, 2.45) is 5.92 Å². The van der Waals surface area contributed by atoms with Crippen LogP contribution in [-0.4, -0.2) is 44.9 Å². The molecule has 3 rings (SSSR count). The number of hydrogen-bond donors (Lipinski definition) is 1. The maximum absolute atomic E-state index is 13.1. The van der Waals surface area contributed by atoms with Crippen LogP contribution < -0.4 is 14.8 Å². The minimum Gasteiger partial charge on any atom is -0.493 e. The molecule has 1 saturated heterocycles. The molecule has 180 valence electrons. The molecule has 1 fully saturated rings. The number of nitrogens with zero attached hydrogens (tertiary/aromatic N) is 1. The Labute approximate surface area is 194 Å². The molecule has 9 heteroatoms. The van der Waals surface area contributed by atoms with Gasteiger partial charge in [0.1, 0.15) is 5.82 Å². The number of amides is 1. The van der Waals surface area contributed by atoms with E-state index in [9.17, 15) is 17.6 Å². The fraction of sp³-hybridized carbons (Fsp3) is 0.458. The Hall–Kier alpha value is -2.65. The van der Waals surface area contributed by atoms with E-state index < -0.39 is 15.8 Å². The van der Waals surface area contributed by atoms with Crippen LogP contribution in [0, 0.1) is 11.7 Å². The highest BCUT2D eigenvalue weighted by atomic mass is 32.2. The van der Waals surface area contributed by atoms with E-state index >= 15 is 0 Å². The van der Waals surface area contributed by atoms with E-state index in [1.165, 1.54) is 16.4 Å². The second-order valence-electron chi connectivity index (χ2n) is 8.44. The van der Waals surface area contributed by atoms with Gasteiger partial charge in [-0.3, -0.25) is 4.79 Å². The van der Waals surface area contributed by atoms with Gasteiger partial charge < -0.3 is 14.8 Å². The van der Waals surface area contributed by atoms with Gasteiger partial charge in [-0.25, -0.2) is 12.8 Å². The Balaban J connectivity index is 1.59. The Kier molecular flexibility index (Phi) is 7.97. The first-order valence-corrected chi connectivity index (χ1v) is 12.5. The van der Waals surface area contributed by atoms with Gasteiger partial charge >= 0.3 is 0 Å². The fourth-order valence-electron chi connectivity index (χ4n) is 3.83. The summed E-state index contributed by atoms with van der Waals surface area (Å²) in [5, 5.41) is 3.02. The second-order valence-corrected chi connectivity index (χ2v) is 10.4. The molecule has 1 aliphatic rings. The van der Waals surface area contributed by atoms with Gasteiger partial charge in [0.2, 0.25) is 15.9 Å². The van der Waals surface area contributed by atoms with Crippen LogP contribution in [-0.2, 0) is 14.8 Å². The number of ether oxygens (including phenoxy) is 2. The summed E-state index contributed by atoms with van der Waals surface area (Å²) in [5.74, 6) is 0.365. The number of piperidine rings is 1. The maximum Gasteiger partial charge on any atom is 0.243 e. The average molecular weight is 479 g/mol. The summed E-state index contributed by atoms with van der Waals surface area (Å²) in [6.45, 7) is 6.24. The molecule has 1 unspecified atom stereocenters. The van der Waals surface area contributed by atoms with Crippen LogP contribution in [0.2, 0.25) is 0 Å². The van der Waals surface area contributed by atoms with E-state index in [1.54, 1.807) is 7.11 Å². The zero-order valence-electron chi connectivity index (χ0n) is 19.4. The van der Waals surface area contributed by atoms with Crippen LogP contribution >= 0.6 is 0 Å². The molecule has 2 aromatic carbocycles. The molecule has 0 radical (unpaired) electrons. The van der Waals surface area contributed by atoms with Crippen LogP contribution in [0.4, 0.5) is 4.39 Å². The molecule has 0 saturated carbocycles. The molecule has 1 aliphatic heterocycles. The largest absolute Gasteiger partial charge is 0.493 e. The van der Waals surface area contributed by atoms with Gasteiger partial charge in [0.05, 0.1) is 24.2 Å². The molecule has 0 spiro atoms. The Morgan fingerprint density at radius 3 is 2.27 bits per heavy atom. The number of rotatable bonds is 8. The Bertz CT molecular complexity index is 1060. The number of carbonyl (C=O) groups is 1. The van der Waals surface area contributed by atoms with E-state index in [1.807, 2.05) is 39.0 Å². The number of hydrogen-bond acceptors (Lipinski definition) is 5. The van der Waals surface area contributed by atoms with Gasteiger partial charge in [0.15, 0.2) is 11.5 Å². The Morgan fingerprint density at radius 2 is 1.70 bits per heavy atom. The van der Waals surface area contributed by atoms with Crippen LogP contribution in [0.5, 0.6) is 11.5 Å². The van der Waals surface area contributed by atoms with Crippen molar-refractivity contribution in [2.75, 3.05) is 20.2 Å². The first-order chi connectivity index (χ1) is 15.6. The van der Waals surface area contributed by atoms with Crippen molar-refractivity contribution >= 4 is 15.9 Å². The lowest BCUT2D eigenvalue weighted by molar-refractivity contribution is -0.126. The third-order valence-electron chi connectivity index (χ3n) is 5.69. The first kappa shape index (κ1) is 25.0. The number of halogens is 1. The van der Waals surface area contributed by atoms with Gasteiger partial charge in [0, 0.05) is 19.0 Å². The number of methoxy groups -OCH3 is 1. The van der Waals surface area contributed by atoms with Crippen molar-refractivity contribution < 1.29 is 27.1 Å². The number of carbonyl (C=O) groups excluding carboxylic acids is 1. The van der Waals surface area contributed by atoms with Crippen molar-refractivity contribution in [3.05, 3.63) is 53.8 Å². The molecule has 0 aromatic heterocycles. The van der Waals surface area contributed by atoms with E-state index in [2.05, 4.69) is 5.32 Å². The zero-order valence-corrected chi connectivity index (χ0v) is 20.2. The molecule has 1 heterocycles. The van der Waals surface area contributed by atoms with E-state index in [-0.39, 0.29) is 42.0 Å². The molecule has 0 aliphatic carbocycles. The Morgan fingerprint density at radius 1 is 1.06 bits per heavy atom. The van der Waals surface area contributed by atoms with E-state index in [0.29, 0.717) is 24.3 Å². The van der Waals surface area contributed by atoms with Gasteiger partial charge in [-0.15, -0.1) is 0 Å². The number of sulfonamides is 1. The lowest BCUT2D eigenvalue weighted by Crippen LogP contribution is -2.43. The van der Waals surface area contributed by atoms with Gasteiger partial charge in [-0.05, 0) is 75.6 Å². The predicted octanol–water partition coefficient (Wildman–Crippen LogP) is 3.90. The summed E-state index contributed by atoms with van der Waals surface area (Å²) in [4.78, 5) is 12.9. The molecule has 1 amide bonds. The minimum atomic E-state index is -3.71. The molecule has 7 nitrogen and oxygen atoms in total. The van der Waals surface area contributed by atoms with Gasteiger partial charge in [-0.2, -0.15) is 4.31 Å². The predicted molar refractivity (Wildman–Crippen MR) is 123 cm³/mol. The lowest BCUT2D eigenvalue weighted by Gasteiger charge is -2.31. The summed E-state index contributed by atoms with van der Waals surface area (Å²) in [6, 6.07) is 10.1. The third-order valence-corrected chi connectivity index (χ3v) is 7.60. The van der Waals surface area contributed by atoms with Crippen LogP contribution in [0.3, 0.4) is 0 Å². The lowest BCUT2D eigenvalue weighted by atomic mass is 9.96. The number of benzene rings is 2. The van der Waals surface area contributed by atoms with Gasteiger partial charge in [0.25, 0.3) is 0 Å². The van der Waals surface area contributed by atoms with E-state index in [0.717, 1.165) is 17.7 Å². The normalized spacial score (nSPS) is 16.4. The molecule has 2 aromatic rings. The van der Waals surface area contributed by atoms with Crippen molar-refractivity contribution in [3.63, 3.8) is 0 Å². The molecule has 33 heavy (non-hydrogen) atoms. The standard InChI is InChI=1S/C24H31FN2O5S/c1-16(2)32-22-10-5-19(15-23(22)31-4)17(3)26-24(28)18-11-13-27(14-12-18)33(29,30)21-8-6-20(25)7-9-21/h5-10,15-18H,11-14H2,1-4H3,(H,26,28). The zero-order chi connectivity index (χ0) is 24.2. The van der Waals surface area contributed by atoms with Crippen LogP contribution in [0.1, 0.15) is 45.2 Å².